The molecule has 0 amide bonds. The number of esters is 1. The van der Waals surface area contributed by atoms with Crippen molar-refractivity contribution in [3.8, 4) is 0 Å². The maximum atomic E-state index is 11.0. The highest BCUT2D eigenvalue weighted by Gasteiger charge is 2.06. The Kier molecular flexibility index (Phi) is 2.92. The van der Waals surface area contributed by atoms with Crippen LogP contribution < -0.4 is 0 Å². The van der Waals surface area contributed by atoms with Crippen LogP contribution in [0.2, 0.25) is 0 Å². The van der Waals surface area contributed by atoms with Crippen molar-refractivity contribution in [1.29, 1.82) is 0 Å². The van der Waals surface area contributed by atoms with E-state index in [1.807, 2.05) is 0 Å². The van der Waals surface area contributed by atoms with Gasteiger partial charge in [0.15, 0.2) is 0 Å². The zero-order chi connectivity index (χ0) is 8.27. The number of carbonyl (C=O) groups is 1. The molecule has 1 rings (SSSR count). The van der Waals surface area contributed by atoms with Crippen molar-refractivity contribution in [3.63, 3.8) is 0 Å². The number of rotatable bonds is 2. The molecule has 0 aliphatic carbocycles. The molecule has 1 heterocycles. The lowest BCUT2D eigenvalue weighted by Crippen LogP contribution is -2.02. The van der Waals surface area contributed by atoms with Gasteiger partial charge < -0.3 is 9.72 Å². The topological polar surface area (TPSA) is 42.1 Å². The molecule has 0 radical (unpaired) electrons. The molecule has 0 fully saturated rings. The number of carbonyl (C=O) groups excluding carboxylic acids is 1. The fourth-order valence-electron chi connectivity index (χ4n) is 0.699. The van der Waals surface area contributed by atoms with Gasteiger partial charge in [-0.25, -0.2) is 4.79 Å². The molecule has 0 aliphatic heterocycles. The highest BCUT2D eigenvalue weighted by molar-refractivity contribution is 14.1. The first kappa shape index (κ1) is 8.58. The monoisotopic (exact) mass is 265 g/mol. The van der Waals surface area contributed by atoms with Gasteiger partial charge in [-0.3, -0.25) is 0 Å². The Morgan fingerprint density at radius 3 is 3.00 bits per heavy atom. The van der Waals surface area contributed by atoms with Gasteiger partial charge in [-0.2, -0.15) is 0 Å². The van der Waals surface area contributed by atoms with Crippen LogP contribution in [0.15, 0.2) is 12.3 Å². The summed E-state index contributed by atoms with van der Waals surface area (Å²) in [6.07, 6.45) is 1.64. The largest absolute Gasteiger partial charge is 0.462 e. The zero-order valence-electron chi connectivity index (χ0n) is 6.06. The SMILES string of the molecule is CCOC(=O)c1c[nH]c(I)c1. The van der Waals surface area contributed by atoms with Gasteiger partial charge in [-0.15, -0.1) is 0 Å². The first-order chi connectivity index (χ1) is 5.24. The van der Waals surface area contributed by atoms with E-state index < -0.39 is 0 Å². The van der Waals surface area contributed by atoms with Crippen LogP contribution in [0.4, 0.5) is 0 Å². The first-order valence-corrected chi connectivity index (χ1v) is 4.33. The fourth-order valence-corrected chi connectivity index (χ4v) is 1.19. The second kappa shape index (κ2) is 3.75. The molecule has 1 N–H and O–H groups in total. The average Bonchev–Trinajstić information content (AvgIpc) is 2.36. The maximum absolute atomic E-state index is 11.0. The van der Waals surface area contributed by atoms with Crippen LogP contribution in [0.25, 0.3) is 0 Å². The summed E-state index contributed by atoms with van der Waals surface area (Å²) < 4.78 is 5.71. The Bertz CT molecular complexity index is 257. The molecular formula is C7H8INO2. The molecule has 4 heteroatoms. The summed E-state index contributed by atoms with van der Waals surface area (Å²) in [4.78, 5) is 13.9. The summed E-state index contributed by atoms with van der Waals surface area (Å²) in [5.74, 6) is -0.272. The van der Waals surface area contributed by atoms with Crippen molar-refractivity contribution in [3.05, 3.63) is 21.5 Å². The zero-order valence-corrected chi connectivity index (χ0v) is 8.21. The van der Waals surface area contributed by atoms with Crippen LogP contribution in [0.3, 0.4) is 0 Å². The number of nitrogens with one attached hydrogen (secondary N) is 1. The normalized spacial score (nSPS) is 9.64. The fraction of sp³-hybridized carbons (Fsp3) is 0.286. The minimum Gasteiger partial charge on any atom is -0.462 e. The second-order valence-corrected chi connectivity index (χ2v) is 3.12. The highest BCUT2D eigenvalue weighted by Crippen LogP contribution is 2.06. The molecular weight excluding hydrogens is 257 g/mol. The van der Waals surface area contributed by atoms with Crippen molar-refractivity contribution in [1.82, 2.24) is 4.98 Å². The molecule has 0 atom stereocenters. The van der Waals surface area contributed by atoms with Gasteiger partial charge >= 0.3 is 5.97 Å². The smallest absolute Gasteiger partial charge is 0.339 e. The third kappa shape index (κ3) is 2.21. The van der Waals surface area contributed by atoms with Crippen LogP contribution in [-0.4, -0.2) is 17.6 Å². The number of halogens is 1. The van der Waals surface area contributed by atoms with Crippen LogP contribution >= 0.6 is 22.6 Å². The van der Waals surface area contributed by atoms with Crippen molar-refractivity contribution >= 4 is 28.6 Å². The Morgan fingerprint density at radius 2 is 2.55 bits per heavy atom. The van der Waals surface area contributed by atoms with E-state index in [-0.39, 0.29) is 5.97 Å². The van der Waals surface area contributed by atoms with Crippen LogP contribution in [0.5, 0.6) is 0 Å². The number of H-pyrrole nitrogens is 1. The Labute approximate surface area is 78.3 Å². The van der Waals surface area contributed by atoms with E-state index >= 15 is 0 Å². The van der Waals surface area contributed by atoms with Crippen molar-refractivity contribution in [2.24, 2.45) is 0 Å². The number of aromatic amines is 1. The minimum absolute atomic E-state index is 0.272. The first-order valence-electron chi connectivity index (χ1n) is 3.25. The van der Waals surface area contributed by atoms with E-state index in [2.05, 4.69) is 27.6 Å². The van der Waals surface area contributed by atoms with E-state index in [1.165, 1.54) is 0 Å². The van der Waals surface area contributed by atoms with Crippen molar-refractivity contribution in [2.45, 2.75) is 6.92 Å². The number of hydrogen-bond acceptors (Lipinski definition) is 2. The highest BCUT2D eigenvalue weighted by atomic mass is 127. The Morgan fingerprint density at radius 1 is 1.82 bits per heavy atom. The molecule has 0 aromatic carbocycles. The molecule has 3 nitrogen and oxygen atoms in total. The third-order valence-electron chi connectivity index (χ3n) is 1.16. The van der Waals surface area contributed by atoms with Crippen LogP contribution in [0.1, 0.15) is 17.3 Å². The summed E-state index contributed by atoms with van der Waals surface area (Å²) >= 11 is 2.10. The van der Waals surface area contributed by atoms with E-state index in [4.69, 9.17) is 4.74 Å². The molecule has 0 bridgehead atoms. The lowest BCUT2D eigenvalue weighted by atomic mass is 10.3. The number of aromatic nitrogens is 1. The predicted molar refractivity (Wildman–Crippen MR) is 49.5 cm³/mol. The molecule has 11 heavy (non-hydrogen) atoms. The second-order valence-electron chi connectivity index (χ2n) is 1.96. The van der Waals surface area contributed by atoms with Gasteiger partial charge in [0.25, 0.3) is 0 Å². The molecule has 0 spiro atoms. The van der Waals surface area contributed by atoms with E-state index in [0.29, 0.717) is 12.2 Å². The molecule has 0 unspecified atom stereocenters. The van der Waals surface area contributed by atoms with Gasteiger partial charge in [0.1, 0.15) is 0 Å². The van der Waals surface area contributed by atoms with Gasteiger partial charge in [-0.1, -0.05) is 0 Å². The van der Waals surface area contributed by atoms with Crippen molar-refractivity contribution < 1.29 is 9.53 Å². The number of ether oxygens (including phenoxy) is 1. The third-order valence-corrected chi connectivity index (χ3v) is 1.78. The van der Waals surface area contributed by atoms with Gasteiger partial charge in [0, 0.05) is 6.20 Å². The summed E-state index contributed by atoms with van der Waals surface area (Å²) in [5, 5.41) is 0. The summed E-state index contributed by atoms with van der Waals surface area (Å²) in [6.45, 7) is 2.20. The number of hydrogen-bond donors (Lipinski definition) is 1. The lowest BCUT2D eigenvalue weighted by molar-refractivity contribution is 0.0526. The maximum Gasteiger partial charge on any atom is 0.339 e. The van der Waals surface area contributed by atoms with Crippen LogP contribution in [0, 0.1) is 3.70 Å². The standard InChI is InChI=1S/C7H8INO2/c1-2-11-7(10)5-3-6(8)9-4-5/h3-4,9H,2H2,1H3. The van der Waals surface area contributed by atoms with Gasteiger partial charge in [-0.05, 0) is 35.6 Å². The minimum atomic E-state index is -0.272. The predicted octanol–water partition coefficient (Wildman–Crippen LogP) is 1.80. The summed E-state index contributed by atoms with van der Waals surface area (Å²) in [7, 11) is 0. The molecule has 1 aromatic rings. The summed E-state index contributed by atoms with van der Waals surface area (Å²) in [6, 6.07) is 1.75. The molecule has 1 aromatic heterocycles. The van der Waals surface area contributed by atoms with E-state index in [9.17, 15) is 4.79 Å². The van der Waals surface area contributed by atoms with Crippen molar-refractivity contribution in [2.75, 3.05) is 6.61 Å². The van der Waals surface area contributed by atoms with Gasteiger partial charge in [0.2, 0.25) is 0 Å². The quantitative estimate of drug-likeness (QED) is 0.654. The van der Waals surface area contributed by atoms with E-state index in [1.54, 1.807) is 19.2 Å². The molecule has 0 aliphatic rings. The van der Waals surface area contributed by atoms with E-state index in [0.717, 1.165) is 3.70 Å². The lowest BCUT2D eigenvalue weighted by Gasteiger charge is -1.95. The Hall–Kier alpha value is -0.520. The molecule has 60 valence electrons. The molecule has 0 saturated carbocycles. The average molecular weight is 265 g/mol. The summed E-state index contributed by atoms with van der Waals surface area (Å²) in [5.41, 5.74) is 0.580. The molecule has 0 saturated heterocycles. The Balaban J connectivity index is 2.69. The van der Waals surface area contributed by atoms with Crippen LogP contribution in [-0.2, 0) is 4.74 Å². The van der Waals surface area contributed by atoms with Gasteiger partial charge in [0.05, 0.1) is 15.9 Å².